The van der Waals surface area contributed by atoms with Gasteiger partial charge in [-0.25, -0.2) is 0 Å². The number of pyridine rings is 1. The molecule has 1 atom stereocenters. The van der Waals surface area contributed by atoms with Gasteiger partial charge in [-0.05, 0) is 61.7 Å². The first-order chi connectivity index (χ1) is 15.9. The number of ether oxygens (including phenoxy) is 3. The maximum absolute atomic E-state index is 13.9. The van der Waals surface area contributed by atoms with Crippen molar-refractivity contribution in [2.24, 2.45) is 0 Å². The third kappa shape index (κ3) is 4.23. The lowest BCUT2D eigenvalue weighted by molar-refractivity contribution is -0.141. The Kier molecular flexibility index (Phi) is 6.22. The molecule has 2 aromatic carbocycles. The lowest BCUT2D eigenvalue weighted by Gasteiger charge is -2.37. The van der Waals surface area contributed by atoms with Crippen LogP contribution in [0.1, 0.15) is 45.2 Å². The van der Waals surface area contributed by atoms with Gasteiger partial charge in [-0.1, -0.05) is 11.6 Å². The van der Waals surface area contributed by atoms with Gasteiger partial charge >= 0.3 is 5.97 Å². The number of hydrogen-bond acceptors (Lipinski definition) is 6. The number of carbonyl (C=O) groups excluding carboxylic acids is 2. The summed E-state index contributed by atoms with van der Waals surface area (Å²) < 4.78 is 15.9. The standard InChI is InChI=1S/C26H28N2O5/c1-15-6-7-21-19(10-15)20(11-16(2)27-21)26(30)28-9-8-17-12-23(31-3)24(32-4)13-18(17)22(28)14-25(29)33-5/h6-7,10-13,22H,8-9,14H2,1-5H3. The summed E-state index contributed by atoms with van der Waals surface area (Å²) in [6.45, 7) is 4.34. The molecule has 0 fully saturated rings. The molecule has 0 saturated heterocycles. The van der Waals surface area contributed by atoms with Crippen molar-refractivity contribution in [2.45, 2.75) is 32.7 Å². The molecule has 1 aromatic heterocycles. The second-order valence-electron chi connectivity index (χ2n) is 8.28. The van der Waals surface area contributed by atoms with Crippen molar-refractivity contribution in [3.05, 3.63) is 64.3 Å². The molecule has 1 aliphatic heterocycles. The third-order valence-corrected chi connectivity index (χ3v) is 6.17. The van der Waals surface area contributed by atoms with Gasteiger partial charge in [0.2, 0.25) is 0 Å². The minimum absolute atomic E-state index is 0.0474. The highest BCUT2D eigenvalue weighted by atomic mass is 16.5. The summed E-state index contributed by atoms with van der Waals surface area (Å²) >= 11 is 0. The zero-order chi connectivity index (χ0) is 23.7. The maximum Gasteiger partial charge on any atom is 0.307 e. The van der Waals surface area contributed by atoms with Gasteiger partial charge in [0, 0.05) is 17.6 Å². The van der Waals surface area contributed by atoms with E-state index in [1.165, 1.54) is 7.11 Å². The van der Waals surface area contributed by atoms with Crippen LogP contribution in [0.15, 0.2) is 36.4 Å². The SMILES string of the molecule is COC(=O)CC1c2cc(OC)c(OC)cc2CCN1C(=O)c1cc(C)nc2ccc(C)cc12. The van der Waals surface area contributed by atoms with Gasteiger partial charge in [0.05, 0.1) is 44.9 Å². The van der Waals surface area contributed by atoms with Gasteiger partial charge in [0.15, 0.2) is 11.5 Å². The van der Waals surface area contributed by atoms with Gasteiger partial charge in [-0.15, -0.1) is 0 Å². The molecule has 1 unspecified atom stereocenters. The van der Waals surface area contributed by atoms with Gasteiger partial charge in [0.25, 0.3) is 5.91 Å². The van der Waals surface area contributed by atoms with E-state index in [1.807, 2.05) is 50.2 Å². The lowest BCUT2D eigenvalue weighted by atomic mass is 9.89. The number of amides is 1. The maximum atomic E-state index is 13.9. The van der Waals surface area contributed by atoms with E-state index in [-0.39, 0.29) is 18.3 Å². The third-order valence-electron chi connectivity index (χ3n) is 6.17. The largest absolute Gasteiger partial charge is 0.493 e. The van der Waals surface area contributed by atoms with Crippen molar-refractivity contribution in [3.8, 4) is 11.5 Å². The van der Waals surface area contributed by atoms with Crippen LogP contribution in [-0.2, 0) is 16.0 Å². The van der Waals surface area contributed by atoms with Crippen molar-refractivity contribution in [3.63, 3.8) is 0 Å². The summed E-state index contributed by atoms with van der Waals surface area (Å²) in [4.78, 5) is 32.6. The van der Waals surface area contributed by atoms with Crippen LogP contribution in [0.25, 0.3) is 10.9 Å². The number of hydrogen-bond donors (Lipinski definition) is 0. The molecule has 172 valence electrons. The summed E-state index contributed by atoms with van der Waals surface area (Å²) in [6.07, 6.45) is 0.686. The second-order valence-corrected chi connectivity index (χ2v) is 8.28. The van der Waals surface area contributed by atoms with Crippen LogP contribution < -0.4 is 9.47 Å². The lowest BCUT2D eigenvalue weighted by Crippen LogP contribution is -2.41. The predicted molar refractivity (Wildman–Crippen MR) is 125 cm³/mol. The fourth-order valence-electron chi connectivity index (χ4n) is 4.54. The predicted octanol–water partition coefficient (Wildman–Crippen LogP) is 4.17. The highest BCUT2D eigenvalue weighted by Gasteiger charge is 2.35. The van der Waals surface area contributed by atoms with Crippen LogP contribution in [0.4, 0.5) is 0 Å². The Morgan fingerprint density at radius 3 is 2.45 bits per heavy atom. The number of carbonyl (C=O) groups is 2. The van der Waals surface area contributed by atoms with Gasteiger partial charge in [0.1, 0.15) is 0 Å². The molecule has 0 aliphatic carbocycles. The summed E-state index contributed by atoms with van der Waals surface area (Å²) in [5.74, 6) is 0.665. The van der Waals surface area contributed by atoms with E-state index >= 15 is 0 Å². The Labute approximate surface area is 193 Å². The van der Waals surface area contributed by atoms with Crippen LogP contribution in [0, 0.1) is 13.8 Å². The van der Waals surface area contributed by atoms with Gasteiger partial charge in [-0.2, -0.15) is 0 Å². The van der Waals surface area contributed by atoms with Crippen molar-refractivity contribution >= 4 is 22.8 Å². The van der Waals surface area contributed by atoms with E-state index in [2.05, 4.69) is 4.98 Å². The van der Waals surface area contributed by atoms with Crippen LogP contribution in [0.3, 0.4) is 0 Å². The first-order valence-corrected chi connectivity index (χ1v) is 10.9. The monoisotopic (exact) mass is 448 g/mol. The molecule has 2 heterocycles. The molecule has 0 bridgehead atoms. The molecule has 0 radical (unpaired) electrons. The van der Waals surface area contributed by atoms with Gasteiger partial charge in [-0.3, -0.25) is 14.6 Å². The smallest absolute Gasteiger partial charge is 0.307 e. The van der Waals surface area contributed by atoms with Crippen LogP contribution >= 0.6 is 0 Å². The number of nitrogens with zero attached hydrogens (tertiary/aromatic N) is 2. The van der Waals surface area contributed by atoms with E-state index in [0.717, 1.165) is 33.3 Å². The molecule has 0 saturated carbocycles. The summed E-state index contributed by atoms with van der Waals surface area (Å²) in [6, 6.07) is 11.0. The Bertz CT molecular complexity index is 1240. The minimum Gasteiger partial charge on any atom is -0.493 e. The van der Waals surface area contributed by atoms with E-state index < -0.39 is 6.04 Å². The molecule has 1 aliphatic rings. The summed E-state index contributed by atoms with van der Waals surface area (Å²) in [7, 11) is 4.52. The summed E-state index contributed by atoms with van der Waals surface area (Å²) in [5.41, 5.74) is 5.07. The average Bonchev–Trinajstić information content (AvgIpc) is 2.82. The number of aryl methyl sites for hydroxylation is 2. The Morgan fingerprint density at radius 1 is 1.03 bits per heavy atom. The number of aromatic nitrogens is 1. The van der Waals surface area contributed by atoms with Crippen molar-refractivity contribution in [1.29, 1.82) is 0 Å². The van der Waals surface area contributed by atoms with Gasteiger partial charge < -0.3 is 19.1 Å². The van der Waals surface area contributed by atoms with E-state index in [0.29, 0.717) is 30.0 Å². The number of methoxy groups -OCH3 is 3. The number of rotatable bonds is 5. The quantitative estimate of drug-likeness (QED) is 0.545. The molecular formula is C26H28N2O5. The van der Waals surface area contributed by atoms with E-state index in [4.69, 9.17) is 14.2 Å². The molecule has 4 rings (SSSR count). The molecule has 0 spiro atoms. The molecule has 33 heavy (non-hydrogen) atoms. The first-order valence-electron chi connectivity index (χ1n) is 10.9. The molecule has 1 amide bonds. The second kappa shape index (κ2) is 9.10. The molecule has 0 N–H and O–H groups in total. The zero-order valence-electron chi connectivity index (χ0n) is 19.6. The Balaban J connectivity index is 1.83. The number of fused-ring (bicyclic) bond motifs is 2. The molecule has 7 heteroatoms. The van der Waals surface area contributed by atoms with E-state index in [1.54, 1.807) is 19.1 Å². The topological polar surface area (TPSA) is 78.0 Å². The van der Waals surface area contributed by atoms with Crippen LogP contribution in [0.2, 0.25) is 0 Å². The fourth-order valence-corrected chi connectivity index (χ4v) is 4.54. The molecule has 3 aromatic rings. The van der Waals surface area contributed by atoms with Crippen molar-refractivity contribution < 1.29 is 23.8 Å². The minimum atomic E-state index is -0.484. The molecule has 7 nitrogen and oxygen atoms in total. The fraction of sp³-hybridized carbons (Fsp3) is 0.346. The first kappa shape index (κ1) is 22.6. The Hall–Kier alpha value is -3.61. The van der Waals surface area contributed by atoms with E-state index in [9.17, 15) is 9.59 Å². The highest BCUT2D eigenvalue weighted by Crippen LogP contribution is 2.40. The number of benzene rings is 2. The van der Waals surface area contributed by atoms with Crippen LogP contribution in [-0.4, -0.2) is 49.6 Å². The molecular weight excluding hydrogens is 420 g/mol. The number of esters is 1. The Morgan fingerprint density at radius 2 is 1.76 bits per heavy atom. The summed E-state index contributed by atoms with van der Waals surface area (Å²) in [5, 5.41) is 0.806. The zero-order valence-corrected chi connectivity index (χ0v) is 19.6. The van der Waals surface area contributed by atoms with Crippen LogP contribution in [0.5, 0.6) is 11.5 Å². The van der Waals surface area contributed by atoms with Crippen molar-refractivity contribution in [2.75, 3.05) is 27.9 Å². The van der Waals surface area contributed by atoms with Crippen molar-refractivity contribution in [1.82, 2.24) is 9.88 Å². The highest BCUT2D eigenvalue weighted by molar-refractivity contribution is 6.06. The normalized spacial score (nSPS) is 15.2. The average molecular weight is 449 g/mol.